The smallest absolute Gasteiger partial charge is 0.123 e. The number of nitrogens with zero attached hydrogens (tertiary/aromatic N) is 1. The fourth-order valence-electron chi connectivity index (χ4n) is 4.10. The Balaban J connectivity index is 0.00000243. The number of halogens is 2. The Kier molecular flexibility index (Phi) is 6.84. The van der Waals surface area contributed by atoms with Gasteiger partial charge in [-0.3, -0.25) is 0 Å². The Hall–Kier alpha value is -1.42. The zero-order chi connectivity index (χ0) is 17.9. The van der Waals surface area contributed by atoms with Crippen LogP contribution in [0.4, 0.5) is 4.39 Å². The van der Waals surface area contributed by atoms with Crippen LogP contribution in [0.2, 0.25) is 0 Å². The van der Waals surface area contributed by atoms with Gasteiger partial charge in [-0.1, -0.05) is 42.5 Å². The number of rotatable bonds is 5. The standard InChI is InChI=1S/C22H28FNO.ClH/c1-24(2)21(16-18-6-4-3-5-7-18)12-14-22(25,15-13-21)17-19-8-10-20(23)11-9-19;/h3-11,25H,12-17H2,1-2H3;1H. The molecule has 2 aromatic carbocycles. The number of likely N-dealkylation sites (N-methyl/N-ethyl adjacent to an activating group) is 1. The first kappa shape index (κ1) is 20.9. The molecular weight excluding hydrogens is 349 g/mol. The van der Waals surface area contributed by atoms with Gasteiger partial charge in [0.25, 0.3) is 0 Å². The number of aliphatic hydroxyl groups is 1. The average Bonchev–Trinajstić information content (AvgIpc) is 2.60. The van der Waals surface area contributed by atoms with Gasteiger partial charge in [0.05, 0.1) is 5.60 Å². The third kappa shape index (κ3) is 4.85. The maximum Gasteiger partial charge on any atom is 0.123 e. The predicted octanol–water partition coefficient (Wildman–Crippen LogP) is 4.64. The van der Waals surface area contributed by atoms with Crippen LogP contribution >= 0.6 is 12.4 Å². The summed E-state index contributed by atoms with van der Waals surface area (Å²) in [6.45, 7) is 0. The molecule has 1 saturated carbocycles. The van der Waals surface area contributed by atoms with Crippen LogP contribution in [0.1, 0.15) is 36.8 Å². The Bertz CT molecular complexity index is 679. The summed E-state index contributed by atoms with van der Waals surface area (Å²) in [6.07, 6.45) is 5.08. The summed E-state index contributed by atoms with van der Waals surface area (Å²) in [6, 6.07) is 17.1. The molecule has 0 amide bonds. The van der Waals surface area contributed by atoms with Crippen LogP contribution in [-0.2, 0) is 12.8 Å². The summed E-state index contributed by atoms with van der Waals surface area (Å²) in [7, 11) is 4.29. The molecule has 1 aliphatic rings. The first-order chi connectivity index (χ1) is 11.9. The van der Waals surface area contributed by atoms with Gasteiger partial charge in [-0.05, 0) is 69.5 Å². The Morgan fingerprint density at radius 2 is 1.38 bits per heavy atom. The molecule has 2 aromatic rings. The summed E-state index contributed by atoms with van der Waals surface area (Å²) in [5.41, 5.74) is 1.76. The highest BCUT2D eigenvalue weighted by Gasteiger charge is 2.43. The van der Waals surface area contributed by atoms with Gasteiger partial charge in [0.15, 0.2) is 0 Å². The van der Waals surface area contributed by atoms with E-state index in [0.29, 0.717) is 6.42 Å². The summed E-state index contributed by atoms with van der Waals surface area (Å²) < 4.78 is 13.1. The molecule has 1 aliphatic carbocycles. The second-order valence-corrected chi connectivity index (χ2v) is 7.81. The molecule has 0 spiro atoms. The second kappa shape index (κ2) is 8.51. The molecule has 4 heteroatoms. The van der Waals surface area contributed by atoms with Crippen LogP contribution < -0.4 is 0 Å². The Morgan fingerprint density at radius 3 is 1.92 bits per heavy atom. The summed E-state index contributed by atoms with van der Waals surface area (Å²) in [5.74, 6) is -0.228. The summed E-state index contributed by atoms with van der Waals surface area (Å²) >= 11 is 0. The average molecular weight is 378 g/mol. The van der Waals surface area contributed by atoms with Gasteiger partial charge in [-0.25, -0.2) is 4.39 Å². The van der Waals surface area contributed by atoms with Crippen molar-refractivity contribution in [1.29, 1.82) is 0 Å². The van der Waals surface area contributed by atoms with Crippen molar-refractivity contribution in [3.8, 4) is 0 Å². The van der Waals surface area contributed by atoms with Crippen LogP contribution in [0.3, 0.4) is 0 Å². The third-order valence-corrected chi connectivity index (χ3v) is 5.88. The fraction of sp³-hybridized carbons (Fsp3) is 0.455. The van der Waals surface area contributed by atoms with Crippen molar-refractivity contribution in [3.63, 3.8) is 0 Å². The van der Waals surface area contributed by atoms with Crippen molar-refractivity contribution in [2.75, 3.05) is 14.1 Å². The van der Waals surface area contributed by atoms with Crippen LogP contribution in [0.25, 0.3) is 0 Å². The second-order valence-electron chi connectivity index (χ2n) is 7.81. The van der Waals surface area contributed by atoms with Crippen LogP contribution in [0.5, 0.6) is 0 Å². The monoisotopic (exact) mass is 377 g/mol. The highest BCUT2D eigenvalue weighted by atomic mass is 35.5. The molecule has 3 rings (SSSR count). The number of hydrogen-bond acceptors (Lipinski definition) is 2. The molecule has 0 radical (unpaired) electrons. The van der Waals surface area contributed by atoms with Crippen molar-refractivity contribution in [3.05, 3.63) is 71.5 Å². The minimum Gasteiger partial charge on any atom is -0.390 e. The van der Waals surface area contributed by atoms with Crippen molar-refractivity contribution in [2.45, 2.75) is 49.7 Å². The normalized spacial score (nSPS) is 25.7. The molecule has 2 nitrogen and oxygen atoms in total. The number of hydrogen-bond donors (Lipinski definition) is 1. The summed E-state index contributed by atoms with van der Waals surface area (Å²) in [5, 5.41) is 11.1. The lowest BCUT2D eigenvalue weighted by Gasteiger charge is -2.48. The molecule has 26 heavy (non-hydrogen) atoms. The maximum atomic E-state index is 13.1. The van der Waals surface area contributed by atoms with Crippen LogP contribution in [0.15, 0.2) is 54.6 Å². The Labute approximate surface area is 162 Å². The molecule has 142 valence electrons. The SMILES string of the molecule is CN(C)C1(Cc2ccccc2)CCC(O)(Cc2ccc(F)cc2)CC1.Cl. The molecular formula is C22H29ClFNO. The van der Waals surface area contributed by atoms with Gasteiger partial charge in [-0.15, -0.1) is 12.4 Å². The first-order valence-corrected chi connectivity index (χ1v) is 9.09. The lowest BCUT2D eigenvalue weighted by Crippen LogP contribution is -2.53. The predicted molar refractivity (Wildman–Crippen MR) is 107 cm³/mol. The van der Waals surface area contributed by atoms with E-state index in [1.807, 2.05) is 6.07 Å². The van der Waals surface area contributed by atoms with E-state index in [1.54, 1.807) is 12.1 Å². The van der Waals surface area contributed by atoms with Crippen LogP contribution in [0, 0.1) is 5.82 Å². The van der Waals surface area contributed by atoms with Gasteiger partial charge >= 0.3 is 0 Å². The van der Waals surface area contributed by atoms with Crippen molar-refractivity contribution < 1.29 is 9.50 Å². The zero-order valence-electron chi connectivity index (χ0n) is 15.6. The largest absolute Gasteiger partial charge is 0.390 e. The molecule has 0 saturated heterocycles. The van der Waals surface area contributed by atoms with Crippen molar-refractivity contribution in [2.24, 2.45) is 0 Å². The van der Waals surface area contributed by atoms with E-state index < -0.39 is 5.60 Å². The van der Waals surface area contributed by atoms with Gasteiger partial charge in [0.1, 0.15) is 5.82 Å². The van der Waals surface area contributed by atoms with E-state index in [-0.39, 0.29) is 23.8 Å². The molecule has 0 bridgehead atoms. The minimum atomic E-state index is -0.686. The highest BCUT2D eigenvalue weighted by molar-refractivity contribution is 5.85. The highest BCUT2D eigenvalue weighted by Crippen LogP contribution is 2.41. The fourth-order valence-corrected chi connectivity index (χ4v) is 4.10. The molecule has 0 atom stereocenters. The molecule has 1 N–H and O–H groups in total. The molecule has 1 fully saturated rings. The first-order valence-electron chi connectivity index (χ1n) is 9.09. The molecule has 0 heterocycles. The topological polar surface area (TPSA) is 23.5 Å². The lowest BCUT2D eigenvalue weighted by molar-refractivity contribution is -0.0436. The van der Waals surface area contributed by atoms with E-state index in [9.17, 15) is 9.50 Å². The quantitative estimate of drug-likeness (QED) is 0.820. The molecule has 0 aliphatic heterocycles. The maximum absolute atomic E-state index is 13.1. The van der Waals surface area contributed by atoms with E-state index in [0.717, 1.165) is 37.7 Å². The van der Waals surface area contributed by atoms with Gasteiger partial charge < -0.3 is 10.0 Å². The zero-order valence-corrected chi connectivity index (χ0v) is 16.4. The number of benzene rings is 2. The van der Waals surface area contributed by atoms with Crippen molar-refractivity contribution >= 4 is 12.4 Å². The van der Waals surface area contributed by atoms with Gasteiger partial charge in [-0.2, -0.15) is 0 Å². The molecule has 0 unspecified atom stereocenters. The van der Waals surface area contributed by atoms with E-state index in [1.165, 1.54) is 17.7 Å². The van der Waals surface area contributed by atoms with Gasteiger partial charge in [0, 0.05) is 12.0 Å². The van der Waals surface area contributed by atoms with Gasteiger partial charge in [0.2, 0.25) is 0 Å². The van der Waals surface area contributed by atoms with E-state index in [4.69, 9.17) is 0 Å². The summed E-state index contributed by atoms with van der Waals surface area (Å²) in [4.78, 5) is 2.33. The van der Waals surface area contributed by atoms with Crippen molar-refractivity contribution in [1.82, 2.24) is 4.90 Å². The van der Waals surface area contributed by atoms with E-state index in [2.05, 4.69) is 43.3 Å². The van der Waals surface area contributed by atoms with E-state index >= 15 is 0 Å². The Morgan fingerprint density at radius 1 is 0.846 bits per heavy atom. The lowest BCUT2D eigenvalue weighted by atomic mass is 9.69. The minimum absolute atomic E-state index is 0. The third-order valence-electron chi connectivity index (χ3n) is 5.88. The van der Waals surface area contributed by atoms with Crippen LogP contribution in [-0.4, -0.2) is 35.2 Å². The molecule has 0 aromatic heterocycles.